The van der Waals surface area contributed by atoms with E-state index in [0.29, 0.717) is 6.61 Å². The van der Waals surface area contributed by atoms with Crippen molar-refractivity contribution in [2.45, 2.75) is 20.1 Å². The van der Waals surface area contributed by atoms with Crippen molar-refractivity contribution in [1.29, 1.82) is 0 Å². The normalized spacial score (nSPS) is 14.8. The summed E-state index contributed by atoms with van der Waals surface area (Å²) in [7, 11) is 1.68. The minimum absolute atomic E-state index is 0.506. The van der Waals surface area contributed by atoms with E-state index >= 15 is 0 Å². The Morgan fingerprint density at radius 1 is 1.11 bits per heavy atom. The van der Waals surface area contributed by atoms with Gasteiger partial charge in [0.25, 0.3) is 0 Å². The van der Waals surface area contributed by atoms with Crippen molar-refractivity contribution in [2.24, 2.45) is 0 Å². The van der Waals surface area contributed by atoms with Gasteiger partial charge in [-0.15, -0.1) is 0 Å². The quantitative estimate of drug-likeness (QED) is 0.591. The Kier molecular flexibility index (Phi) is 8.15. The molecule has 152 valence electrons. The van der Waals surface area contributed by atoms with E-state index in [9.17, 15) is 0 Å². The van der Waals surface area contributed by atoms with E-state index in [4.69, 9.17) is 14.2 Å². The van der Waals surface area contributed by atoms with Gasteiger partial charge in [0.1, 0.15) is 6.61 Å². The van der Waals surface area contributed by atoms with Crippen LogP contribution in [0, 0.1) is 6.92 Å². The number of morpholine rings is 1. The van der Waals surface area contributed by atoms with Crippen LogP contribution in [0.5, 0.6) is 11.5 Å². The molecule has 2 aromatic rings. The van der Waals surface area contributed by atoms with Gasteiger partial charge in [-0.05, 0) is 46.1 Å². The Morgan fingerprint density at radius 2 is 1.86 bits per heavy atom. The molecule has 1 N–H and O–H groups in total. The molecule has 2 aromatic carbocycles. The lowest BCUT2D eigenvalue weighted by Gasteiger charge is -2.26. The maximum Gasteiger partial charge on any atom is 0.175 e. The first kappa shape index (κ1) is 21.1. The van der Waals surface area contributed by atoms with Crippen LogP contribution in [-0.4, -0.2) is 51.4 Å². The molecule has 1 saturated heterocycles. The summed E-state index contributed by atoms with van der Waals surface area (Å²) in [5.74, 6) is 1.48. The zero-order chi connectivity index (χ0) is 19.8. The molecular weight excluding hydrogens is 420 g/mol. The topological polar surface area (TPSA) is 43.0 Å². The van der Waals surface area contributed by atoms with Crippen LogP contribution in [0.3, 0.4) is 0 Å². The highest BCUT2D eigenvalue weighted by Gasteiger charge is 2.13. The van der Waals surface area contributed by atoms with E-state index in [0.717, 1.165) is 73.0 Å². The summed E-state index contributed by atoms with van der Waals surface area (Å²) in [6, 6.07) is 12.5. The molecular formula is C22H29BrN2O3. The first-order chi connectivity index (χ1) is 13.7. The molecule has 0 atom stereocenters. The second-order valence-electron chi connectivity index (χ2n) is 7.01. The Bertz CT molecular complexity index is 746. The average molecular weight is 449 g/mol. The molecule has 0 unspecified atom stereocenters. The maximum atomic E-state index is 6.03. The molecule has 0 spiro atoms. The van der Waals surface area contributed by atoms with Gasteiger partial charge in [-0.3, -0.25) is 4.90 Å². The van der Waals surface area contributed by atoms with Crippen molar-refractivity contribution >= 4 is 15.9 Å². The van der Waals surface area contributed by atoms with Crippen molar-refractivity contribution in [1.82, 2.24) is 10.2 Å². The van der Waals surface area contributed by atoms with Gasteiger partial charge in [0, 0.05) is 32.7 Å². The van der Waals surface area contributed by atoms with Gasteiger partial charge in [0.2, 0.25) is 0 Å². The second kappa shape index (κ2) is 10.8. The Balaban J connectivity index is 1.53. The molecule has 1 aliphatic rings. The first-order valence-corrected chi connectivity index (χ1v) is 10.5. The van der Waals surface area contributed by atoms with Crippen LogP contribution in [0.4, 0.5) is 0 Å². The van der Waals surface area contributed by atoms with Gasteiger partial charge < -0.3 is 19.5 Å². The maximum absolute atomic E-state index is 6.03. The van der Waals surface area contributed by atoms with Crippen LogP contribution in [0.15, 0.2) is 40.9 Å². The fourth-order valence-corrected chi connectivity index (χ4v) is 3.75. The third kappa shape index (κ3) is 6.21. The largest absolute Gasteiger partial charge is 0.493 e. The summed E-state index contributed by atoms with van der Waals surface area (Å²) in [4.78, 5) is 2.43. The smallest absolute Gasteiger partial charge is 0.175 e. The SMILES string of the molecule is COc1cc(CNCCN2CCOCC2)cc(Br)c1OCc1ccc(C)cc1. The fourth-order valence-electron chi connectivity index (χ4n) is 3.15. The summed E-state index contributed by atoms with van der Waals surface area (Å²) in [6.45, 7) is 9.09. The van der Waals surface area contributed by atoms with Crippen molar-refractivity contribution < 1.29 is 14.2 Å². The number of aryl methyl sites for hydroxylation is 1. The number of halogens is 1. The molecule has 0 radical (unpaired) electrons. The Hall–Kier alpha value is -1.60. The van der Waals surface area contributed by atoms with Crippen LogP contribution >= 0.6 is 15.9 Å². The van der Waals surface area contributed by atoms with Crippen molar-refractivity contribution in [3.05, 3.63) is 57.6 Å². The molecule has 0 aliphatic carbocycles. The van der Waals surface area contributed by atoms with Crippen LogP contribution in [0.1, 0.15) is 16.7 Å². The van der Waals surface area contributed by atoms with Crippen molar-refractivity contribution in [3.8, 4) is 11.5 Å². The summed E-state index contributed by atoms with van der Waals surface area (Å²) in [5.41, 5.74) is 3.54. The van der Waals surface area contributed by atoms with Gasteiger partial charge in [-0.25, -0.2) is 0 Å². The lowest BCUT2D eigenvalue weighted by molar-refractivity contribution is 0.0384. The fraction of sp³-hybridized carbons (Fsp3) is 0.455. The number of methoxy groups -OCH3 is 1. The van der Waals surface area contributed by atoms with E-state index in [2.05, 4.69) is 63.4 Å². The van der Waals surface area contributed by atoms with Crippen LogP contribution in [0.25, 0.3) is 0 Å². The standard InChI is InChI=1S/C22H29BrN2O3/c1-17-3-5-18(6-4-17)16-28-22-20(23)13-19(14-21(22)26-2)15-24-7-8-25-9-11-27-12-10-25/h3-6,13-14,24H,7-12,15-16H2,1-2H3. The minimum atomic E-state index is 0.506. The van der Waals surface area contributed by atoms with E-state index in [1.54, 1.807) is 7.11 Å². The molecule has 1 fully saturated rings. The van der Waals surface area contributed by atoms with Crippen molar-refractivity contribution in [2.75, 3.05) is 46.5 Å². The molecule has 1 heterocycles. The van der Waals surface area contributed by atoms with E-state index in [1.807, 2.05) is 6.07 Å². The molecule has 28 heavy (non-hydrogen) atoms. The third-order valence-corrected chi connectivity index (χ3v) is 5.42. The summed E-state index contributed by atoms with van der Waals surface area (Å²) in [5, 5.41) is 3.51. The third-order valence-electron chi connectivity index (χ3n) is 4.83. The van der Waals surface area contributed by atoms with E-state index in [1.165, 1.54) is 5.56 Å². The van der Waals surface area contributed by atoms with Gasteiger partial charge in [0.15, 0.2) is 11.5 Å². The first-order valence-electron chi connectivity index (χ1n) is 9.71. The number of benzene rings is 2. The highest BCUT2D eigenvalue weighted by molar-refractivity contribution is 9.10. The molecule has 0 aromatic heterocycles. The van der Waals surface area contributed by atoms with Gasteiger partial charge in [-0.1, -0.05) is 29.8 Å². The van der Waals surface area contributed by atoms with Crippen LogP contribution < -0.4 is 14.8 Å². The van der Waals surface area contributed by atoms with Crippen LogP contribution in [-0.2, 0) is 17.9 Å². The second-order valence-corrected chi connectivity index (χ2v) is 7.87. The molecule has 0 bridgehead atoms. The van der Waals surface area contributed by atoms with Gasteiger partial charge >= 0.3 is 0 Å². The van der Waals surface area contributed by atoms with Crippen molar-refractivity contribution in [3.63, 3.8) is 0 Å². The summed E-state index contributed by atoms with van der Waals surface area (Å²) >= 11 is 3.64. The molecule has 3 rings (SSSR count). The lowest BCUT2D eigenvalue weighted by atomic mass is 10.1. The number of nitrogens with zero attached hydrogens (tertiary/aromatic N) is 1. The predicted octanol–water partition coefficient (Wildman–Crippen LogP) is 3.77. The number of nitrogens with one attached hydrogen (secondary N) is 1. The monoisotopic (exact) mass is 448 g/mol. The summed E-state index contributed by atoms with van der Waals surface area (Å²) < 4.78 is 17.9. The van der Waals surface area contributed by atoms with E-state index < -0.39 is 0 Å². The lowest BCUT2D eigenvalue weighted by Crippen LogP contribution is -2.40. The number of hydrogen-bond acceptors (Lipinski definition) is 5. The van der Waals surface area contributed by atoms with Gasteiger partial charge in [-0.2, -0.15) is 0 Å². The highest BCUT2D eigenvalue weighted by Crippen LogP contribution is 2.37. The molecule has 0 amide bonds. The zero-order valence-electron chi connectivity index (χ0n) is 16.7. The average Bonchev–Trinajstić information content (AvgIpc) is 2.72. The minimum Gasteiger partial charge on any atom is -0.493 e. The molecule has 5 nitrogen and oxygen atoms in total. The number of hydrogen-bond donors (Lipinski definition) is 1. The predicted molar refractivity (Wildman–Crippen MR) is 115 cm³/mol. The molecule has 1 aliphatic heterocycles. The molecule has 0 saturated carbocycles. The Labute approximate surface area is 176 Å². The number of ether oxygens (including phenoxy) is 3. The zero-order valence-corrected chi connectivity index (χ0v) is 18.3. The number of rotatable bonds is 9. The van der Waals surface area contributed by atoms with E-state index in [-0.39, 0.29) is 0 Å². The van der Waals surface area contributed by atoms with Crippen LogP contribution in [0.2, 0.25) is 0 Å². The highest BCUT2D eigenvalue weighted by atomic mass is 79.9. The summed E-state index contributed by atoms with van der Waals surface area (Å²) in [6.07, 6.45) is 0. The van der Waals surface area contributed by atoms with Gasteiger partial charge in [0.05, 0.1) is 24.8 Å². The molecule has 6 heteroatoms. The Morgan fingerprint density at radius 3 is 2.57 bits per heavy atom.